The Morgan fingerprint density at radius 2 is 2.00 bits per heavy atom. The fourth-order valence-electron chi connectivity index (χ4n) is 4.40. The van der Waals surface area contributed by atoms with Gasteiger partial charge in [-0.2, -0.15) is 0 Å². The van der Waals surface area contributed by atoms with Gasteiger partial charge in [-0.3, -0.25) is 4.79 Å². The van der Waals surface area contributed by atoms with Crippen LogP contribution in [0.15, 0.2) is 43.6 Å². The van der Waals surface area contributed by atoms with Crippen LogP contribution in [0.5, 0.6) is 0 Å². The van der Waals surface area contributed by atoms with Crippen molar-refractivity contribution in [2.45, 2.75) is 37.8 Å². The third kappa shape index (κ3) is 4.61. The lowest BCUT2D eigenvalue weighted by molar-refractivity contribution is 0.0921. The number of H-pyrrole nitrogens is 1. The summed E-state index contributed by atoms with van der Waals surface area (Å²) in [6.07, 6.45) is 10.1. The Morgan fingerprint density at radius 3 is 2.80 bits per heavy atom. The molecule has 0 bridgehead atoms. The topological polar surface area (TPSA) is 101 Å². The maximum Gasteiger partial charge on any atom is 0.271 e. The van der Waals surface area contributed by atoms with Gasteiger partial charge in [0.25, 0.3) is 5.91 Å². The van der Waals surface area contributed by atoms with Gasteiger partial charge in [0.15, 0.2) is 17.5 Å². The average molecular weight is 481 g/mol. The second-order valence-corrected chi connectivity index (χ2v) is 8.47. The monoisotopic (exact) mass is 481 g/mol. The van der Waals surface area contributed by atoms with Crippen LogP contribution in [0.4, 0.5) is 19.0 Å². The van der Waals surface area contributed by atoms with E-state index in [2.05, 4.69) is 37.1 Å². The van der Waals surface area contributed by atoms with Crippen molar-refractivity contribution in [2.75, 3.05) is 5.32 Å². The van der Waals surface area contributed by atoms with Crippen LogP contribution in [-0.4, -0.2) is 42.5 Å². The second kappa shape index (κ2) is 9.24. The van der Waals surface area contributed by atoms with E-state index in [1.165, 1.54) is 24.8 Å². The third-order valence-corrected chi connectivity index (χ3v) is 6.09. The minimum atomic E-state index is -0.738. The summed E-state index contributed by atoms with van der Waals surface area (Å²) in [6, 6.07) is 1.70. The Balaban J connectivity index is 1.32. The van der Waals surface area contributed by atoms with Crippen LogP contribution in [0.2, 0.25) is 0 Å². The highest BCUT2D eigenvalue weighted by atomic mass is 19.1. The van der Waals surface area contributed by atoms with Gasteiger partial charge in [-0.05, 0) is 31.7 Å². The van der Waals surface area contributed by atoms with E-state index in [1.807, 2.05) is 0 Å². The van der Waals surface area contributed by atoms with Gasteiger partial charge in [-0.1, -0.05) is 6.58 Å². The highest BCUT2D eigenvalue weighted by molar-refractivity contribution is 5.94. The Morgan fingerprint density at radius 1 is 1.17 bits per heavy atom. The van der Waals surface area contributed by atoms with Crippen LogP contribution in [0.3, 0.4) is 0 Å². The zero-order chi connectivity index (χ0) is 24.5. The van der Waals surface area contributed by atoms with Crippen LogP contribution in [-0.2, 0) is 0 Å². The van der Waals surface area contributed by atoms with Crippen molar-refractivity contribution < 1.29 is 18.0 Å². The molecule has 35 heavy (non-hydrogen) atoms. The van der Waals surface area contributed by atoms with Crippen molar-refractivity contribution in [3.63, 3.8) is 0 Å². The van der Waals surface area contributed by atoms with Crippen molar-refractivity contribution in [1.82, 2.24) is 29.8 Å². The zero-order valence-corrected chi connectivity index (χ0v) is 18.6. The molecule has 1 saturated carbocycles. The summed E-state index contributed by atoms with van der Waals surface area (Å²) < 4.78 is 44.0. The van der Waals surface area contributed by atoms with E-state index in [4.69, 9.17) is 0 Å². The molecule has 4 aromatic rings. The first-order valence-electron chi connectivity index (χ1n) is 11.1. The summed E-state index contributed by atoms with van der Waals surface area (Å²) in [5.74, 6) is -2.29. The Bertz CT molecular complexity index is 1410. The standard InChI is InChI=1S/C24H22F3N7O/c1-2-34-11-20(30-12-34)24(35)32-15-5-3-4-14(8-15)31-23-19(27)10-29-22(33-23)17-9-28-21-16(17)6-13(25)7-18(21)26/h2,6-7,9-12,14-15,28H,1,3-5,8H2,(H,32,35)(H,29,31,33)/t14-,15+/m0/s1. The fourth-order valence-corrected chi connectivity index (χ4v) is 4.40. The van der Waals surface area contributed by atoms with E-state index in [0.717, 1.165) is 31.5 Å². The number of hydrogen-bond donors (Lipinski definition) is 3. The number of carbonyl (C=O) groups excluding carboxylic acids is 1. The number of rotatable bonds is 6. The molecule has 1 aliphatic carbocycles. The minimum Gasteiger partial charge on any atom is -0.365 e. The number of aromatic amines is 1. The lowest BCUT2D eigenvalue weighted by Crippen LogP contribution is -2.42. The average Bonchev–Trinajstić information content (AvgIpc) is 3.48. The van der Waals surface area contributed by atoms with Gasteiger partial charge >= 0.3 is 0 Å². The van der Waals surface area contributed by atoms with Crippen LogP contribution in [0, 0.1) is 17.5 Å². The number of imidazole rings is 1. The number of aromatic nitrogens is 5. The van der Waals surface area contributed by atoms with Crippen molar-refractivity contribution in [2.24, 2.45) is 0 Å². The molecule has 0 spiro atoms. The van der Waals surface area contributed by atoms with Gasteiger partial charge in [0.1, 0.15) is 17.3 Å². The number of halogens is 3. The molecule has 5 rings (SSSR count). The molecule has 0 unspecified atom stereocenters. The molecule has 3 N–H and O–H groups in total. The largest absolute Gasteiger partial charge is 0.365 e. The summed E-state index contributed by atoms with van der Waals surface area (Å²) in [6.45, 7) is 3.63. The Kier molecular flexibility index (Phi) is 5.98. The van der Waals surface area contributed by atoms with E-state index in [1.54, 1.807) is 10.8 Å². The van der Waals surface area contributed by atoms with Gasteiger partial charge in [-0.25, -0.2) is 28.1 Å². The first-order valence-corrected chi connectivity index (χ1v) is 11.1. The molecule has 8 nitrogen and oxygen atoms in total. The molecule has 1 aromatic carbocycles. The molecule has 0 saturated heterocycles. The molecule has 2 atom stereocenters. The normalized spacial score (nSPS) is 17.9. The number of benzene rings is 1. The van der Waals surface area contributed by atoms with Crippen molar-refractivity contribution in [3.05, 3.63) is 66.8 Å². The SMILES string of the molecule is C=Cn1cnc(C(=O)N[C@@H]2CCC[C@H](Nc3nc(-c4c[nH]c5c(F)cc(F)cc45)ncc3F)C2)c1. The molecule has 1 amide bonds. The zero-order valence-electron chi connectivity index (χ0n) is 18.6. The van der Waals surface area contributed by atoms with Gasteiger partial charge in [-0.15, -0.1) is 0 Å². The molecule has 0 radical (unpaired) electrons. The molecule has 3 heterocycles. The molecule has 1 aliphatic rings. The molecular weight excluding hydrogens is 459 g/mol. The van der Waals surface area contributed by atoms with E-state index < -0.39 is 17.5 Å². The highest BCUT2D eigenvalue weighted by Crippen LogP contribution is 2.30. The first kappa shape index (κ1) is 22.6. The van der Waals surface area contributed by atoms with Crippen molar-refractivity contribution in [1.29, 1.82) is 0 Å². The molecule has 0 aliphatic heterocycles. The number of amides is 1. The van der Waals surface area contributed by atoms with E-state index in [9.17, 15) is 18.0 Å². The molecule has 3 aromatic heterocycles. The lowest BCUT2D eigenvalue weighted by atomic mass is 9.91. The predicted octanol–water partition coefficient (Wildman–Crippen LogP) is 4.49. The number of hydrogen-bond acceptors (Lipinski definition) is 5. The Labute approximate surface area is 198 Å². The van der Waals surface area contributed by atoms with Crippen LogP contribution >= 0.6 is 0 Å². The van der Waals surface area contributed by atoms with Crippen LogP contribution in [0.25, 0.3) is 28.5 Å². The Hall–Kier alpha value is -4.15. The summed E-state index contributed by atoms with van der Waals surface area (Å²) in [7, 11) is 0. The highest BCUT2D eigenvalue weighted by Gasteiger charge is 2.26. The maximum atomic E-state index is 14.6. The second-order valence-electron chi connectivity index (χ2n) is 8.47. The number of nitrogens with zero attached hydrogens (tertiary/aromatic N) is 4. The number of nitrogens with one attached hydrogen (secondary N) is 3. The first-order chi connectivity index (χ1) is 16.9. The quantitative estimate of drug-likeness (QED) is 0.377. The van der Waals surface area contributed by atoms with Gasteiger partial charge < -0.3 is 20.2 Å². The predicted molar refractivity (Wildman–Crippen MR) is 125 cm³/mol. The fraction of sp³-hybridized carbons (Fsp3) is 0.250. The minimum absolute atomic E-state index is 0.0112. The molecule has 1 fully saturated rings. The van der Waals surface area contributed by atoms with E-state index >= 15 is 0 Å². The van der Waals surface area contributed by atoms with Crippen molar-refractivity contribution >= 4 is 28.8 Å². The van der Waals surface area contributed by atoms with Gasteiger partial charge in [0.2, 0.25) is 0 Å². The summed E-state index contributed by atoms with van der Waals surface area (Å²) >= 11 is 0. The maximum absolute atomic E-state index is 14.6. The van der Waals surface area contributed by atoms with Gasteiger partial charge in [0, 0.05) is 47.7 Å². The number of fused-ring (bicyclic) bond motifs is 1. The summed E-state index contributed by atoms with van der Waals surface area (Å²) in [5, 5.41) is 6.35. The van der Waals surface area contributed by atoms with Crippen molar-refractivity contribution in [3.8, 4) is 11.4 Å². The molecular formula is C24H22F3N7O. The number of anilines is 1. The van der Waals surface area contributed by atoms with Crippen LogP contribution in [0.1, 0.15) is 36.2 Å². The molecule has 180 valence electrons. The van der Waals surface area contributed by atoms with E-state index in [-0.39, 0.29) is 46.2 Å². The van der Waals surface area contributed by atoms with E-state index in [0.29, 0.717) is 12.0 Å². The third-order valence-electron chi connectivity index (χ3n) is 6.09. The van der Waals surface area contributed by atoms with Crippen LogP contribution < -0.4 is 10.6 Å². The lowest BCUT2D eigenvalue weighted by Gasteiger charge is -2.30. The van der Waals surface area contributed by atoms with Gasteiger partial charge in [0.05, 0.1) is 18.0 Å². The number of carbonyl (C=O) groups is 1. The summed E-state index contributed by atoms with van der Waals surface area (Å²) in [4.78, 5) is 27.6. The molecule has 11 heteroatoms. The summed E-state index contributed by atoms with van der Waals surface area (Å²) in [5.41, 5.74) is 0.764. The smallest absolute Gasteiger partial charge is 0.271 e.